The van der Waals surface area contributed by atoms with Gasteiger partial charge in [0.1, 0.15) is 0 Å². The lowest BCUT2D eigenvalue weighted by atomic mass is 9.47. The third-order valence-corrected chi connectivity index (χ3v) is 5.65. The van der Waals surface area contributed by atoms with Gasteiger partial charge < -0.3 is 0 Å². The Kier molecular flexibility index (Phi) is 2.41. The fraction of sp³-hybridized carbons (Fsp3) is 1.00. The molecule has 15 heavy (non-hydrogen) atoms. The molecule has 1 N–H and O–H groups in total. The summed E-state index contributed by atoms with van der Waals surface area (Å²) in [6.45, 7) is 4.41. The van der Waals surface area contributed by atoms with Gasteiger partial charge in [0, 0.05) is 13.1 Å². The summed E-state index contributed by atoms with van der Waals surface area (Å²) in [5, 5.41) is 0. The van der Waals surface area contributed by atoms with Gasteiger partial charge in [-0.25, -0.2) is 0 Å². The van der Waals surface area contributed by atoms with Crippen molar-refractivity contribution in [1.29, 1.82) is 0 Å². The number of fused-ring (bicyclic) bond motifs is 2. The molecule has 3 aliphatic carbocycles. The first kappa shape index (κ1) is 11.4. The maximum absolute atomic E-state index is 11.1. The minimum Gasteiger partial charge on any atom is -0.273 e. The predicted octanol–water partition coefficient (Wildman–Crippen LogP) is 1.55. The Labute approximate surface area is 91.5 Å². The number of rotatable bonds is 2. The molecule has 3 rings (SSSR count). The van der Waals surface area contributed by atoms with Crippen LogP contribution in [-0.2, 0) is 10.3 Å². The molecule has 0 amide bonds. The van der Waals surface area contributed by atoms with E-state index in [0.717, 1.165) is 29.5 Å². The lowest BCUT2D eigenvalue weighted by Crippen LogP contribution is -2.59. The Morgan fingerprint density at radius 2 is 1.93 bits per heavy atom. The summed E-state index contributed by atoms with van der Waals surface area (Å²) in [7, 11) is -2.55. The van der Waals surface area contributed by atoms with Crippen LogP contribution in [-0.4, -0.2) is 30.4 Å². The van der Waals surface area contributed by atoms with Crippen LogP contribution in [0.2, 0.25) is 0 Å². The zero-order valence-corrected chi connectivity index (χ0v) is 10.3. The highest BCUT2D eigenvalue weighted by Gasteiger charge is 2.56. The van der Waals surface area contributed by atoms with E-state index in [-0.39, 0.29) is 11.5 Å². The molecule has 0 aromatic heterocycles. The molecule has 0 heterocycles. The van der Waals surface area contributed by atoms with Gasteiger partial charge in [0.2, 0.25) is 0 Å². The minimum atomic E-state index is -4.03. The summed E-state index contributed by atoms with van der Waals surface area (Å²) in [5.41, 5.74) is 0.238. The smallest absolute Gasteiger partial charge is 0.273 e. The molecule has 3 atom stereocenters. The van der Waals surface area contributed by atoms with Crippen molar-refractivity contribution in [1.82, 2.24) is 4.31 Å². The Morgan fingerprint density at radius 3 is 2.33 bits per heavy atom. The molecule has 5 heteroatoms. The lowest BCUT2D eigenvalue weighted by Gasteiger charge is -2.61. The SMILES string of the molecule is CN([C@H]1CC[C@@H]2C[C@@H]1C2(C)C)S(=O)(=O)O. The highest BCUT2D eigenvalue weighted by atomic mass is 32.2. The van der Waals surface area contributed by atoms with Gasteiger partial charge >= 0.3 is 10.3 Å². The monoisotopic (exact) mass is 233 g/mol. The first-order chi connectivity index (χ1) is 6.74. The molecule has 3 aliphatic rings. The zero-order chi connectivity index (χ0) is 11.4. The lowest BCUT2D eigenvalue weighted by molar-refractivity contribution is -0.102. The molecule has 0 unspecified atom stereocenters. The Bertz CT molecular complexity index is 361. The molecule has 88 valence electrons. The fourth-order valence-corrected chi connectivity index (χ4v) is 3.97. The number of hydrogen-bond donors (Lipinski definition) is 1. The van der Waals surface area contributed by atoms with E-state index in [1.807, 2.05) is 0 Å². The van der Waals surface area contributed by atoms with Gasteiger partial charge in [0.15, 0.2) is 0 Å². The molecular weight excluding hydrogens is 214 g/mol. The molecule has 4 nitrogen and oxygen atoms in total. The molecule has 3 saturated carbocycles. The molecule has 0 radical (unpaired) electrons. The average molecular weight is 233 g/mol. The summed E-state index contributed by atoms with van der Waals surface area (Å²) in [5.74, 6) is 1.15. The van der Waals surface area contributed by atoms with Crippen LogP contribution in [0, 0.1) is 17.3 Å². The van der Waals surface area contributed by atoms with E-state index in [1.165, 1.54) is 7.05 Å². The average Bonchev–Trinajstić information content (AvgIpc) is 2.15. The van der Waals surface area contributed by atoms with Crippen molar-refractivity contribution in [3.8, 4) is 0 Å². The molecule has 0 aliphatic heterocycles. The van der Waals surface area contributed by atoms with Crippen LogP contribution in [0.15, 0.2) is 0 Å². The third kappa shape index (κ3) is 1.61. The largest absolute Gasteiger partial charge is 0.335 e. The van der Waals surface area contributed by atoms with Crippen LogP contribution >= 0.6 is 0 Å². The molecule has 0 aromatic carbocycles. The van der Waals surface area contributed by atoms with Gasteiger partial charge in [0.25, 0.3) is 0 Å². The molecule has 2 bridgehead atoms. The Balaban J connectivity index is 2.18. The normalized spacial score (nSPS) is 38.9. The highest BCUT2D eigenvalue weighted by Crippen LogP contribution is 2.60. The van der Waals surface area contributed by atoms with Gasteiger partial charge in [-0.2, -0.15) is 12.7 Å². The van der Waals surface area contributed by atoms with E-state index in [9.17, 15) is 8.42 Å². The van der Waals surface area contributed by atoms with Gasteiger partial charge in [-0.05, 0) is 36.5 Å². The quantitative estimate of drug-likeness (QED) is 0.736. The maximum atomic E-state index is 11.1. The second kappa shape index (κ2) is 3.18. The summed E-state index contributed by atoms with van der Waals surface area (Å²) < 4.78 is 32.4. The van der Waals surface area contributed by atoms with Crippen LogP contribution < -0.4 is 0 Å². The van der Waals surface area contributed by atoms with Crippen LogP contribution in [0.3, 0.4) is 0 Å². The van der Waals surface area contributed by atoms with Crippen LogP contribution in [0.4, 0.5) is 0 Å². The van der Waals surface area contributed by atoms with Gasteiger partial charge in [-0.15, -0.1) is 0 Å². The first-order valence-corrected chi connectivity index (χ1v) is 6.84. The first-order valence-electron chi connectivity index (χ1n) is 5.45. The van der Waals surface area contributed by atoms with Crippen molar-refractivity contribution >= 4 is 10.3 Å². The van der Waals surface area contributed by atoms with Crippen molar-refractivity contribution < 1.29 is 13.0 Å². The minimum absolute atomic E-state index is 0.0139. The summed E-state index contributed by atoms with van der Waals surface area (Å²) in [6, 6.07) is -0.0139. The van der Waals surface area contributed by atoms with E-state index < -0.39 is 10.3 Å². The van der Waals surface area contributed by atoms with Crippen molar-refractivity contribution in [3.05, 3.63) is 0 Å². The Morgan fingerprint density at radius 1 is 1.33 bits per heavy atom. The van der Waals surface area contributed by atoms with Crippen molar-refractivity contribution in [3.63, 3.8) is 0 Å². The van der Waals surface area contributed by atoms with Crippen LogP contribution in [0.25, 0.3) is 0 Å². The fourth-order valence-electron chi connectivity index (χ4n) is 3.38. The van der Waals surface area contributed by atoms with Gasteiger partial charge in [0.05, 0.1) is 0 Å². The van der Waals surface area contributed by atoms with E-state index in [1.54, 1.807) is 0 Å². The van der Waals surface area contributed by atoms with Gasteiger partial charge in [-0.1, -0.05) is 13.8 Å². The molecule has 0 spiro atoms. The van der Waals surface area contributed by atoms with E-state index >= 15 is 0 Å². The molecule has 0 saturated heterocycles. The number of hydrogen-bond acceptors (Lipinski definition) is 2. The van der Waals surface area contributed by atoms with Crippen molar-refractivity contribution in [2.45, 2.75) is 39.2 Å². The molecule has 3 fully saturated rings. The van der Waals surface area contributed by atoms with E-state index in [2.05, 4.69) is 13.8 Å². The summed E-state index contributed by atoms with van der Waals surface area (Å²) >= 11 is 0. The predicted molar refractivity (Wildman–Crippen MR) is 57.7 cm³/mol. The van der Waals surface area contributed by atoms with E-state index in [4.69, 9.17) is 4.55 Å². The van der Waals surface area contributed by atoms with E-state index in [0.29, 0.717) is 5.92 Å². The number of nitrogens with zero attached hydrogens (tertiary/aromatic N) is 1. The zero-order valence-electron chi connectivity index (χ0n) is 9.47. The highest BCUT2D eigenvalue weighted by molar-refractivity contribution is 7.83. The van der Waals surface area contributed by atoms with Crippen LogP contribution in [0.5, 0.6) is 0 Å². The third-order valence-electron chi connectivity index (χ3n) is 4.65. The van der Waals surface area contributed by atoms with Gasteiger partial charge in [-0.3, -0.25) is 4.55 Å². The van der Waals surface area contributed by atoms with Crippen LogP contribution in [0.1, 0.15) is 33.1 Å². The standard InChI is InChI=1S/C10H19NO3S/c1-10(2)7-4-5-9(8(10)6-7)11(3)15(12,13)14/h7-9H,4-6H2,1-3H3,(H,12,13,14)/t7-,8+,9+/m1/s1. The second-order valence-corrected chi connectivity index (χ2v) is 6.97. The molecular formula is C10H19NO3S. The maximum Gasteiger partial charge on any atom is 0.335 e. The van der Waals surface area contributed by atoms with Crippen molar-refractivity contribution in [2.75, 3.05) is 7.05 Å². The van der Waals surface area contributed by atoms with Crippen molar-refractivity contribution in [2.24, 2.45) is 17.3 Å². The topological polar surface area (TPSA) is 57.6 Å². The molecule has 0 aromatic rings. The summed E-state index contributed by atoms with van der Waals surface area (Å²) in [6.07, 6.45) is 3.07. The summed E-state index contributed by atoms with van der Waals surface area (Å²) in [4.78, 5) is 0. The second-order valence-electron chi connectivity index (χ2n) is 5.50. The Hall–Kier alpha value is -0.130.